The number of hydrogen-bond acceptors (Lipinski definition) is 6. The zero-order valence-corrected chi connectivity index (χ0v) is 16.7. The average Bonchev–Trinajstić information content (AvgIpc) is 3.04. The van der Waals surface area contributed by atoms with E-state index in [2.05, 4.69) is 16.3 Å². The highest BCUT2D eigenvalue weighted by Gasteiger charge is 2.39. The number of methoxy groups -OCH3 is 1. The molecule has 1 aromatic carbocycles. The van der Waals surface area contributed by atoms with E-state index >= 15 is 0 Å². The van der Waals surface area contributed by atoms with Crippen molar-refractivity contribution in [3.05, 3.63) is 34.9 Å². The first-order valence-electron chi connectivity index (χ1n) is 10.2. The highest BCUT2D eigenvalue weighted by atomic mass is 16.5. The van der Waals surface area contributed by atoms with Gasteiger partial charge in [-0.3, -0.25) is 24.6 Å². The predicted octanol–water partition coefficient (Wildman–Crippen LogP) is 0.386. The number of piperidine rings is 2. The summed E-state index contributed by atoms with van der Waals surface area (Å²) in [6, 6.07) is 5.61. The molecule has 3 heterocycles. The van der Waals surface area contributed by atoms with Crippen molar-refractivity contribution in [2.45, 2.75) is 57.0 Å². The van der Waals surface area contributed by atoms with Crippen LogP contribution >= 0.6 is 0 Å². The van der Waals surface area contributed by atoms with Crippen LogP contribution in [0.3, 0.4) is 0 Å². The van der Waals surface area contributed by atoms with E-state index in [0.29, 0.717) is 25.1 Å². The standard InChI is InChI=1S/C21H28N4O4/c1-29-16-6-7-24(15(9-16)10-22)11-13-2-3-17-14(8-13)12-25(21(17)28)18-4-5-19(26)23-20(18)27/h2-3,8,15-16,18H,4-7,9-12,22H2,1H3,(H,23,26,27). The summed E-state index contributed by atoms with van der Waals surface area (Å²) in [4.78, 5) is 40.4. The van der Waals surface area contributed by atoms with Crippen LogP contribution in [0.5, 0.6) is 0 Å². The van der Waals surface area contributed by atoms with Crippen molar-refractivity contribution in [2.24, 2.45) is 5.73 Å². The third-order valence-corrected chi connectivity index (χ3v) is 6.37. The molecule has 0 bridgehead atoms. The van der Waals surface area contributed by atoms with Crippen molar-refractivity contribution in [1.29, 1.82) is 0 Å². The molecule has 0 aliphatic carbocycles. The highest BCUT2D eigenvalue weighted by molar-refractivity contribution is 6.05. The molecule has 0 aromatic heterocycles. The molecule has 29 heavy (non-hydrogen) atoms. The minimum absolute atomic E-state index is 0.137. The summed E-state index contributed by atoms with van der Waals surface area (Å²) in [6.07, 6.45) is 2.82. The van der Waals surface area contributed by atoms with Gasteiger partial charge in [0.2, 0.25) is 11.8 Å². The Morgan fingerprint density at radius 1 is 1.24 bits per heavy atom. The number of benzene rings is 1. The number of hydrogen-bond donors (Lipinski definition) is 2. The number of carbonyl (C=O) groups excluding carboxylic acids is 3. The average molecular weight is 400 g/mol. The molecule has 156 valence electrons. The Hall–Kier alpha value is -2.29. The SMILES string of the molecule is COC1CCN(Cc2ccc3c(c2)CN(C2CCC(=O)NC2=O)C3=O)C(CN)C1. The van der Waals surface area contributed by atoms with Gasteiger partial charge in [0.15, 0.2) is 0 Å². The van der Waals surface area contributed by atoms with Gasteiger partial charge >= 0.3 is 0 Å². The summed E-state index contributed by atoms with van der Waals surface area (Å²) in [7, 11) is 1.75. The van der Waals surface area contributed by atoms with Crippen molar-refractivity contribution < 1.29 is 19.1 Å². The van der Waals surface area contributed by atoms with Crippen LogP contribution in [-0.2, 0) is 27.4 Å². The first kappa shape index (κ1) is 20.0. The lowest BCUT2D eigenvalue weighted by Gasteiger charge is -2.38. The molecule has 3 aliphatic rings. The summed E-state index contributed by atoms with van der Waals surface area (Å²) in [5.74, 6) is -0.791. The van der Waals surface area contributed by atoms with Crippen LogP contribution in [0.1, 0.15) is 47.2 Å². The molecule has 3 atom stereocenters. The Kier molecular flexibility index (Phi) is 5.67. The van der Waals surface area contributed by atoms with E-state index in [0.717, 1.165) is 37.1 Å². The molecule has 2 fully saturated rings. The van der Waals surface area contributed by atoms with Crippen LogP contribution in [0.4, 0.5) is 0 Å². The second-order valence-corrected chi connectivity index (χ2v) is 8.13. The Balaban J connectivity index is 1.46. The van der Waals surface area contributed by atoms with E-state index in [1.807, 2.05) is 12.1 Å². The number of nitrogens with one attached hydrogen (secondary N) is 1. The number of nitrogens with two attached hydrogens (primary N) is 1. The van der Waals surface area contributed by atoms with E-state index in [1.165, 1.54) is 0 Å². The fraction of sp³-hybridized carbons (Fsp3) is 0.571. The molecule has 8 nitrogen and oxygen atoms in total. The molecule has 0 radical (unpaired) electrons. The molecule has 3 amide bonds. The van der Waals surface area contributed by atoms with Crippen molar-refractivity contribution in [3.63, 3.8) is 0 Å². The summed E-state index contributed by atoms with van der Waals surface area (Å²) in [5.41, 5.74) is 8.70. The molecule has 3 aliphatic heterocycles. The van der Waals surface area contributed by atoms with Gasteiger partial charge in [0.1, 0.15) is 6.04 Å². The van der Waals surface area contributed by atoms with Gasteiger partial charge in [0, 0.05) is 51.3 Å². The van der Waals surface area contributed by atoms with Crippen molar-refractivity contribution in [1.82, 2.24) is 15.1 Å². The van der Waals surface area contributed by atoms with Crippen molar-refractivity contribution in [2.75, 3.05) is 20.2 Å². The van der Waals surface area contributed by atoms with Gasteiger partial charge in [-0.25, -0.2) is 0 Å². The van der Waals surface area contributed by atoms with Crippen LogP contribution in [-0.4, -0.2) is 65.9 Å². The lowest BCUT2D eigenvalue weighted by Crippen LogP contribution is -2.52. The van der Waals surface area contributed by atoms with Gasteiger partial charge in [0.05, 0.1) is 6.10 Å². The molecule has 0 spiro atoms. The minimum Gasteiger partial charge on any atom is -0.381 e. The van der Waals surface area contributed by atoms with Gasteiger partial charge in [-0.05, 0) is 36.5 Å². The number of fused-ring (bicyclic) bond motifs is 1. The number of imide groups is 1. The maximum absolute atomic E-state index is 12.8. The van der Waals surface area contributed by atoms with Gasteiger partial charge in [-0.1, -0.05) is 12.1 Å². The predicted molar refractivity (Wildman–Crippen MR) is 106 cm³/mol. The molecule has 4 rings (SSSR count). The lowest BCUT2D eigenvalue weighted by atomic mass is 9.98. The first-order chi connectivity index (χ1) is 14.0. The van der Waals surface area contributed by atoms with Crippen LogP contribution in [0.15, 0.2) is 18.2 Å². The van der Waals surface area contributed by atoms with E-state index in [4.69, 9.17) is 10.5 Å². The second-order valence-electron chi connectivity index (χ2n) is 8.13. The fourth-order valence-corrected chi connectivity index (χ4v) is 4.69. The highest BCUT2D eigenvalue weighted by Crippen LogP contribution is 2.29. The maximum Gasteiger partial charge on any atom is 0.255 e. The van der Waals surface area contributed by atoms with Crippen LogP contribution < -0.4 is 11.1 Å². The Morgan fingerprint density at radius 3 is 2.79 bits per heavy atom. The molecule has 3 N–H and O–H groups in total. The third kappa shape index (κ3) is 3.92. The van der Waals surface area contributed by atoms with Crippen molar-refractivity contribution >= 4 is 17.7 Å². The maximum atomic E-state index is 12.8. The number of nitrogens with zero attached hydrogens (tertiary/aromatic N) is 2. The quantitative estimate of drug-likeness (QED) is 0.693. The minimum atomic E-state index is -0.578. The summed E-state index contributed by atoms with van der Waals surface area (Å²) in [5, 5.41) is 2.34. The number of likely N-dealkylation sites (tertiary alicyclic amines) is 1. The first-order valence-corrected chi connectivity index (χ1v) is 10.2. The van der Waals surface area contributed by atoms with Gasteiger partial charge < -0.3 is 15.4 Å². The smallest absolute Gasteiger partial charge is 0.255 e. The van der Waals surface area contributed by atoms with Crippen LogP contribution in [0.2, 0.25) is 0 Å². The lowest BCUT2D eigenvalue weighted by molar-refractivity contribution is -0.136. The van der Waals surface area contributed by atoms with E-state index in [-0.39, 0.29) is 36.3 Å². The third-order valence-electron chi connectivity index (χ3n) is 6.37. The Bertz CT molecular complexity index is 827. The van der Waals surface area contributed by atoms with Gasteiger partial charge in [-0.15, -0.1) is 0 Å². The van der Waals surface area contributed by atoms with Crippen LogP contribution in [0, 0.1) is 0 Å². The Labute approximate surface area is 170 Å². The molecule has 0 saturated carbocycles. The van der Waals surface area contributed by atoms with Crippen LogP contribution in [0.25, 0.3) is 0 Å². The number of amides is 3. The molecule has 1 aromatic rings. The van der Waals surface area contributed by atoms with Gasteiger partial charge in [-0.2, -0.15) is 0 Å². The monoisotopic (exact) mass is 400 g/mol. The summed E-state index contributed by atoms with van der Waals surface area (Å²) >= 11 is 0. The normalized spacial score (nSPS) is 27.9. The second kappa shape index (κ2) is 8.22. The number of rotatable bonds is 5. The zero-order valence-electron chi connectivity index (χ0n) is 16.7. The van der Waals surface area contributed by atoms with E-state index in [1.54, 1.807) is 12.0 Å². The molecular weight excluding hydrogens is 372 g/mol. The number of ether oxygens (including phenoxy) is 1. The summed E-state index contributed by atoms with van der Waals surface area (Å²) < 4.78 is 5.50. The largest absolute Gasteiger partial charge is 0.381 e. The van der Waals surface area contributed by atoms with E-state index < -0.39 is 6.04 Å². The summed E-state index contributed by atoms with van der Waals surface area (Å²) in [6.45, 7) is 2.70. The van der Waals surface area contributed by atoms with Crippen molar-refractivity contribution in [3.8, 4) is 0 Å². The molecular formula is C21H28N4O4. The topological polar surface area (TPSA) is 105 Å². The van der Waals surface area contributed by atoms with E-state index in [9.17, 15) is 14.4 Å². The van der Waals surface area contributed by atoms with Gasteiger partial charge in [0.25, 0.3) is 5.91 Å². The zero-order chi connectivity index (χ0) is 20.5. The Morgan fingerprint density at radius 2 is 2.07 bits per heavy atom. The number of carbonyl (C=O) groups is 3. The molecule has 8 heteroatoms. The fourth-order valence-electron chi connectivity index (χ4n) is 4.69. The molecule has 2 saturated heterocycles. The molecule has 3 unspecified atom stereocenters.